The number of amides is 1. The number of nitrogens with two attached hydrogens (primary N) is 1. The zero-order valence-electron chi connectivity index (χ0n) is 11.1. The van der Waals surface area contributed by atoms with Gasteiger partial charge in [-0.15, -0.1) is 0 Å². The van der Waals surface area contributed by atoms with Crippen LogP contribution < -0.4 is 15.8 Å². The largest absolute Gasteiger partial charge is 0.425 e. The number of primary amides is 1. The molecule has 0 aromatic heterocycles. The lowest BCUT2D eigenvalue weighted by Gasteiger charge is -2.16. The summed E-state index contributed by atoms with van der Waals surface area (Å²) in [7, 11) is -4.30. The molecular weight excluding hydrogens is 300 g/mol. The molecule has 1 atom stereocenters. The predicted molar refractivity (Wildman–Crippen MR) is 73.8 cm³/mol. The predicted octanol–water partition coefficient (Wildman–Crippen LogP) is -0.339. The lowest BCUT2D eigenvalue weighted by Crippen LogP contribution is -2.42. The first-order valence-corrected chi connectivity index (χ1v) is 7.62. The Morgan fingerprint density at radius 3 is 2.43 bits per heavy atom. The number of hydrogen-bond acceptors (Lipinski definition) is 6. The van der Waals surface area contributed by atoms with Crippen LogP contribution in [-0.2, 0) is 19.7 Å². The maximum atomic E-state index is 11.9. The monoisotopic (exact) mass is 316 g/mol. The third-order valence-electron chi connectivity index (χ3n) is 2.44. The molecule has 1 aromatic carbocycles. The van der Waals surface area contributed by atoms with Gasteiger partial charge < -0.3 is 10.5 Å². The first kappa shape index (κ1) is 17.1. The number of benzene rings is 1. The van der Waals surface area contributed by atoms with E-state index in [1.807, 2.05) is 0 Å². The average Bonchev–Trinajstić information content (AvgIpc) is 2.38. The van der Waals surface area contributed by atoms with Crippen molar-refractivity contribution in [3.8, 4) is 5.75 Å². The van der Waals surface area contributed by atoms with E-state index in [0.29, 0.717) is 0 Å². The second-order valence-corrected chi connectivity index (χ2v) is 5.67. The van der Waals surface area contributed by atoms with E-state index >= 15 is 0 Å². The van der Waals surface area contributed by atoms with Crippen molar-refractivity contribution in [3.63, 3.8) is 0 Å². The maximum absolute atomic E-state index is 11.9. The zero-order chi connectivity index (χ0) is 15.9. The molecule has 1 amide bonds. The van der Waals surface area contributed by atoms with Crippen LogP contribution in [0.25, 0.3) is 0 Å². The summed E-state index contributed by atoms with van der Waals surface area (Å²) in [6.07, 6.45) is -0.177. The summed E-state index contributed by atoms with van der Waals surface area (Å²) in [5.74, 6) is -1.96. The molecule has 0 unspecified atom stereocenters. The van der Waals surface area contributed by atoms with Gasteiger partial charge in [-0.3, -0.25) is 14.7 Å². The fourth-order valence-electron chi connectivity index (χ4n) is 1.47. The molecule has 21 heavy (non-hydrogen) atoms. The van der Waals surface area contributed by atoms with Crippen molar-refractivity contribution < 1.29 is 27.3 Å². The molecule has 0 spiro atoms. The third kappa shape index (κ3) is 7.40. The number of carbonyl (C=O) groups excluding carboxylic acids is 2. The molecule has 9 heteroatoms. The first-order chi connectivity index (χ1) is 9.78. The van der Waals surface area contributed by atoms with Gasteiger partial charge in [0.25, 0.3) is 10.1 Å². The van der Waals surface area contributed by atoms with E-state index in [1.54, 1.807) is 30.3 Å². The standard InChI is InChI=1S/C12H16N2O6S/c13-11(15)7-6-10(14-8-21(17,18)19)12(16)20-9-4-2-1-3-5-9/h1-5,10,14H,6-8H2,(H2,13,15)(H,17,18,19)/t10-/m0/s1. The van der Waals surface area contributed by atoms with Gasteiger partial charge in [0.15, 0.2) is 0 Å². The Kier molecular flexibility index (Phi) is 6.28. The van der Waals surface area contributed by atoms with E-state index in [4.69, 9.17) is 15.0 Å². The van der Waals surface area contributed by atoms with Crippen LogP contribution in [0, 0.1) is 0 Å². The quantitative estimate of drug-likeness (QED) is 0.339. The average molecular weight is 316 g/mol. The Morgan fingerprint density at radius 2 is 1.90 bits per heavy atom. The van der Waals surface area contributed by atoms with Crippen LogP contribution in [0.4, 0.5) is 0 Å². The molecule has 0 aliphatic rings. The molecule has 0 aliphatic carbocycles. The number of nitrogens with one attached hydrogen (secondary N) is 1. The highest BCUT2D eigenvalue weighted by Gasteiger charge is 2.22. The van der Waals surface area contributed by atoms with Gasteiger partial charge in [0.2, 0.25) is 5.91 Å². The number of ether oxygens (including phenoxy) is 1. The smallest absolute Gasteiger partial charge is 0.328 e. The first-order valence-electron chi connectivity index (χ1n) is 6.01. The highest BCUT2D eigenvalue weighted by atomic mass is 32.2. The normalized spacial score (nSPS) is 12.6. The minimum Gasteiger partial charge on any atom is -0.425 e. The van der Waals surface area contributed by atoms with E-state index in [-0.39, 0.29) is 18.6 Å². The summed E-state index contributed by atoms with van der Waals surface area (Å²) >= 11 is 0. The number of esters is 1. The third-order valence-corrected chi connectivity index (χ3v) is 2.97. The lowest BCUT2D eigenvalue weighted by atomic mass is 10.1. The van der Waals surface area contributed by atoms with E-state index in [9.17, 15) is 18.0 Å². The zero-order valence-corrected chi connectivity index (χ0v) is 11.9. The van der Waals surface area contributed by atoms with Gasteiger partial charge in [-0.05, 0) is 18.6 Å². The van der Waals surface area contributed by atoms with Gasteiger partial charge in [-0.25, -0.2) is 4.79 Å². The lowest BCUT2D eigenvalue weighted by molar-refractivity contribution is -0.136. The Labute approximate surface area is 122 Å². The van der Waals surface area contributed by atoms with E-state index in [2.05, 4.69) is 5.32 Å². The molecule has 0 radical (unpaired) electrons. The summed E-state index contributed by atoms with van der Waals surface area (Å²) in [5, 5.41) is 2.31. The van der Waals surface area contributed by atoms with Crippen molar-refractivity contribution in [1.82, 2.24) is 5.32 Å². The Hall–Kier alpha value is -1.97. The summed E-state index contributed by atoms with van der Waals surface area (Å²) in [4.78, 5) is 22.7. The van der Waals surface area contributed by atoms with Crippen LogP contribution in [-0.4, -0.2) is 36.8 Å². The van der Waals surface area contributed by atoms with Crippen LogP contribution in [0.15, 0.2) is 30.3 Å². The van der Waals surface area contributed by atoms with E-state index in [1.165, 1.54) is 0 Å². The SMILES string of the molecule is NC(=O)CC[C@H](NCS(=O)(=O)O)C(=O)Oc1ccccc1. The molecule has 0 fully saturated rings. The van der Waals surface area contributed by atoms with E-state index < -0.39 is 33.9 Å². The second-order valence-electron chi connectivity index (χ2n) is 4.22. The number of para-hydroxylation sites is 1. The summed E-state index contributed by atoms with van der Waals surface area (Å²) < 4.78 is 35.1. The minimum atomic E-state index is -4.30. The Balaban J connectivity index is 2.69. The molecule has 0 heterocycles. The molecule has 0 saturated heterocycles. The summed E-state index contributed by atoms with van der Waals surface area (Å²) in [6.45, 7) is 0. The molecule has 116 valence electrons. The fraction of sp³-hybridized carbons (Fsp3) is 0.333. The molecule has 0 aliphatic heterocycles. The summed E-state index contributed by atoms with van der Waals surface area (Å²) in [6, 6.07) is 7.06. The molecule has 0 bridgehead atoms. The molecule has 1 aromatic rings. The Bertz CT molecular complexity index is 587. The van der Waals surface area contributed by atoms with Crippen molar-refractivity contribution in [1.29, 1.82) is 0 Å². The number of carbonyl (C=O) groups is 2. The van der Waals surface area contributed by atoms with Crippen molar-refractivity contribution in [3.05, 3.63) is 30.3 Å². The molecule has 0 saturated carbocycles. The van der Waals surface area contributed by atoms with E-state index in [0.717, 1.165) is 0 Å². The van der Waals surface area contributed by atoms with Gasteiger partial charge >= 0.3 is 5.97 Å². The summed E-state index contributed by atoms with van der Waals surface area (Å²) in [5.41, 5.74) is 4.99. The van der Waals surface area contributed by atoms with Gasteiger partial charge in [-0.1, -0.05) is 18.2 Å². The highest BCUT2D eigenvalue weighted by molar-refractivity contribution is 7.85. The second kappa shape index (κ2) is 7.72. The molecule has 4 N–H and O–H groups in total. The van der Waals surface area contributed by atoms with Crippen LogP contribution in [0.3, 0.4) is 0 Å². The number of hydrogen-bond donors (Lipinski definition) is 3. The number of rotatable bonds is 8. The van der Waals surface area contributed by atoms with Crippen molar-refractivity contribution in [2.75, 3.05) is 5.88 Å². The van der Waals surface area contributed by atoms with Crippen LogP contribution in [0.5, 0.6) is 5.75 Å². The van der Waals surface area contributed by atoms with Gasteiger partial charge in [0.1, 0.15) is 17.7 Å². The topological polar surface area (TPSA) is 136 Å². The molecule has 8 nitrogen and oxygen atoms in total. The maximum Gasteiger partial charge on any atom is 0.328 e. The van der Waals surface area contributed by atoms with Gasteiger partial charge in [0.05, 0.1) is 0 Å². The van der Waals surface area contributed by atoms with Gasteiger partial charge in [-0.2, -0.15) is 8.42 Å². The molecule has 1 rings (SSSR count). The van der Waals surface area contributed by atoms with Gasteiger partial charge in [0, 0.05) is 6.42 Å². The van der Waals surface area contributed by atoms with Crippen molar-refractivity contribution >= 4 is 22.0 Å². The highest BCUT2D eigenvalue weighted by Crippen LogP contribution is 2.11. The van der Waals surface area contributed by atoms with Crippen LogP contribution in [0.2, 0.25) is 0 Å². The van der Waals surface area contributed by atoms with Crippen molar-refractivity contribution in [2.45, 2.75) is 18.9 Å². The van der Waals surface area contributed by atoms with Crippen molar-refractivity contribution in [2.24, 2.45) is 5.73 Å². The minimum absolute atomic E-state index is 0.0451. The fourth-order valence-corrected chi connectivity index (χ4v) is 1.88. The van der Waals surface area contributed by atoms with Crippen LogP contribution in [0.1, 0.15) is 12.8 Å². The molecular formula is C12H16N2O6S. The van der Waals surface area contributed by atoms with Crippen LogP contribution >= 0.6 is 0 Å². The Morgan fingerprint density at radius 1 is 1.29 bits per heavy atom.